The zero-order valence-corrected chi connectivity index (χ0v) is 11.9. The summed E-state index contributed by atoms with van der Waals surface area (Å²) >= 11 is 5.87. The Hall–Kier alpha value is -1.22. The van der Waals surface area contributed by atoms with Crippen LogP contribution in [0.2, 0.25) is 5.02 Å². The minimum Gasteiger partial charge on any atom is -0.398 e. The summed E-state index contributed by atoms with van der Waals surface area (Å²) in [4.78, 5) is 0.127. The Bertz CT molecular complexity index is 618. The second-order valence-electron chi connectivity index (χ2n) is 4.63. The predicted molar refractivity (Wildman–Crippen MR) is 76.2 cm³/mol. The van der Waals surface area contributed by atoms with Crippen molar-refractivity contribution < 1.29 is 8.42 Å². The fourth-order valence-corrected chi connectivity index (χ4v) is 3.46. The van der Waals surface area contributed by atoms with Crippen molar-refractivity contribution in [2.45, 2.75) is 17.7 Å². The largest absolute Gasteiger partial charge is 0.398 e. The molecule has 0 atom stereocenters. The molecule has 2 rings (SSSR count). The number of nitrogen functional groups attached to an aromatic ring is 1. The molecule has 0 bridgehead atoms. The maximum Gasteiger partial charge on any atom is 0.244 e. The highest BCUT2D eigenvalue weighted by molar-refractivity contribution is 7.89. The first kappa shape index (κ1) is 14.2. The maximum atomic E-state index is 12.5. The number of hydrogen-bond acceptors (Lipinski definition) is 3. The van der Waals surface area contributed by atoms with Gasteiger partial charge in [0.25, 0.3) is 0 Å². The molecule has 0 unspecified atom stereocenters. The molecule has 1 aromatic carbocycles. The highest BCUT2D eigenvalue weighted by Gasteiger charge is 2.31. The number of rotatable bonds is 5. The summed E-state index contributed by atoms with van der Waals surface area (Å²) in [5, 5.41) is 0.230. The van der Waals surface area contributed by atoms with E-state index in [0.29, 0.717) is 18.2 Å². The minimum absolute atomic E-state index is 0.0703. The highest BCUT2D eigenvalue weighted by atomic mass is 35.5. The van der Waals surface area contributed by atoms with Crippen molar-refractivity contribution >= 4 is 27.3 Å². The summed E-state index contributed by atoms with van der Waals surface area (Å²) < 4.78 is 26.3. The standard InChI is InChI=1S/C13H15ClN2O2S/c1-2-7-16(9-10-3-4-10)19(17,18)11-5-6-13(15)12(14)8-11/h1,5-6,8,10H,3-4,7,9,15H2. The van der Waals surface area contributed by atoms with Crippen LogP contribution in [0.1, 0.15) is 12.8 Å². The molecular weight excluding hydrogens is 284 g/mol. The fourth-order valence-electron chi connectivity index (χ4n) is 1.76. The van der Waals surface area contributed by atoms with E-state index in [2.05, 4.69) is 5.92 Å². The van der Waals surface area contributed by atoms with Gasteiger partial charge in [-0.1, -0.05) is 17.5 Å². The molecule has 2 N–H and O–H groups in total. The van der Waals surface area contributed by atoms with Gasteiger partial charge in [-0.2, -0.15) is 4.31 Å². The Morgan fingerprint density at radius 2 is 2.16 bits per heavy atom. The molecular formula is C13H15ClN2O2S. The van der Waals surface area contributed by atoms with Crippen LogP contribution in [0.3, 0.4) is 0 Å². The Labute approximate surface area is 118 Å². The minimum atomic E-state index is -3.61. The summed E-state index contributed by atoms with van der Waals surface area (Å²) in [6, 6.07) is 4.30. The Kier molecular flexibility index (Phi) is 4.04. The maximum absolute atomic E-state index is 12.5. The van der Waals surface area contributed by atoms with Crippen LogP contribution in [-0.4, -0.2) is 25.8 Å². The van der Waals surface area contributed by atoms with E-state index in [4.69, 9.17) is 23.8 Å². The average molecular weight is 299 g/mol. The van der Waals surface area contributed by atoms with Crippen molar-refractivity contribution in [1.82, 2.24) is 4.31 Å². The monoisotopic (exact) mass is 298 g/mol. The molecule has 1 aliphatic carbocycles. The van der Waals surface area contributed by atoms with Crippen LogP contribution in [0.25, 0.3) is 0 Å². The van der Waals surface area contributed by atoms with Gasteiger partial charge in [0.2, 0.25) is 10.0 Å². The van der Waals surface area contributed by atoms with Gasteiger partial charge in [-0.05, 0) is 37.0 Å². The van der Waals surface area contributed by atoms with Crippen LogP contribution in [-0.2, 0) is 10.0 Å². The second kappa shape index (κ2) is 5.41. The SMILES string of the molecule is C#CCN(CC1CC1)S(=O)(=O)c1ccc(N)c(Cl)c1. The van der Waals surface area contributed by atoms with Gasteiger partial charge in [0, 0.05) is 6.54 Å². The number of benzene rings is 1. The lowest BCUT2D eigenvalue weighted by Crippen LogP contribution is -2.33. The zero-order chi connectivity index (χ0) is 14.0. The summed E-state index contributed by atoms with van der Waals surface area (Å²) in [6.45, 7) is 0.537. The third-order valence-corrected chi connectivity index (χ3v) is 5.17. The van der Waals surface area contributed by atoms with E-state index in [9.17, 15) is 8.42 Å². The number of nitrogens with two attached hydrogens (primary N) is 1. The topological polar surface area (TPSA) is 63.4 Å². The lowest BCUT2D eigenvalue weighted by molar-refractivity contribution is 0.430. The van der Waals surface area contributed by atoms with Gasteiger partial charge in [-0.25, -0.2) is 8.42 Å². The van der Waals surface area contributed by atoms with Crippen LogP contribution in [0, 0.1) is 18.3 Å². The van der Waals surface area contributed by atoms with E-state index < -0.39 is 10.0 Å². The smallest absolute Gasteiger partial charge is 0.244 e. The molecule has 0 aromatic heterocycles. The van der Waals surface area contributed by atoms with Crippen molar-refractivity contribution in [1.29, 1.82) is 0 Å². The lowest BCUT2D eigenvalue weighted by Gasteiger charge is -2.20. The molecule has 0 radical (unpaired) electrons. The van der Waals surface area contributed by atoms with Crippen molar-refractivity contribution in [3.05, 3.63) is 23.2 Å². The van der Waals surface area contributed by atoms with Crippen LogP contribution >= 0.6 is 11.6 Å². The molecule has 0 saturated heterocycles. The molecule has 0 aliphatic heterocycles. The first-order valence-electron chi connectivity index (χ1n) is 5.94. The Morgan fingerprint density at radius 3 is 2.68 bits per heavy atom. The Morgan fingerprint density at radius 1 is 1.47 bits per heavy atom. The van der Waals surface area contributed by atoms with E-state index >= 15 is 0 Å². The van der Waals surface area contributed by atoms with E-state index in [1.165, 1.54) is 22.5 Å². The van der Waals surface area contributed by atoms with E-state index in [1.807, 2.05) is 0 Å². The number of hydrogen-bond donors (Lipinski definition) is 1. The summed E-state index contributed by atoms with van der Waals surface area (Å²) in [6.07, 6.45) is 7.36. The van der Waals surface area contributed by atoms with Gasteiger partial charge in [0.05, 0.1) is 22.2 Å². The average Bonchev–Trinajstić information content (AvgIpc) is 3.16. The van der Waals surface area contributed by atoms with Crippen LogP contribution in [0.15, 0.2) is 23.1 Å². The van der Waals surface area contributed by atoms with Gasteiger partial charge < -0.3 is 5.73 Å². The first-order valence-corrected chi connectivity index (χ1v) is 7.75. The molecule has 4 nitrogen and oxygen atoms in total. The normalized spacial score (nSPS) is 15.4. The van der Waals surface area contributed by atoms with Crippen LogP contribution in [0.4, 0.5) is 5.69 Å². The summed E-state index contributed by atoms with van der Waals surface area (Å²) in [7, 11) is -3.61. The second-order valence-corrected chi connectivity index (χ2v) is 6.97. The predicted octanol–water partition coefficient (Wildman–Crippen LogP) is 1.96. The molecule has 1 fully saturated rings. The van der Waals surface area contributed by atoms with Crippen molar-refractivity contribution in [3.63, 3.8) is 0 Å². The molecule has 0 amide bonds. The molecule has 1 saturated carbocycles. The molecule has 19 heavy (non-hydrogen) atoms. The van der Waals surface area contributed by atoms with E-state index in [-0.39, 0.29) is 16.5 Å². The van der Waals surface area contributed by atoms with Crippen LogP contribution in [0.5, 0.6) is 0 Å². The number of halogens is 1. The molecule has 1 aliphatic rings. The lowest BCUT2D eigenvalue weighted by atomic mass is 10.3. The molecule has 102 valence electrons. The molecule has 1 aromatic rings. The third kappa shape index (κ3) is 3.21. The van der Waals surface area contributed by atoms with Gasteiger partial charge in [-0.3, -0.25) is 0 Å². The van der Waals surface area contributed by atoms with Crippen molar-refractivity contribution in [3.8, 4) is 12.3 Å². The van der Waals surface area contributed by atoms with E-state index in [0.717, 1.165) is 12.8 Å². The number of terminal acetylenes is 1. The van der Waals surface area contributed by atoms with Crippen molar-refractivity contribution in [2.75, 3.05) is 18.8 Å². The van der Waals surface area contributed by atoms with Gasteiger partial charge in [0.1, 0.15) is 0 Å². The highest BCUT2D eigenvalue weighted by Crippen LogP contribution is 2.32. The Balaban J connectivity index is 2.32. The molecule has 0 spiro atoms. The van der Waals surface area contributed by atoms with Gasteiger partial charge in [0.15, 0.2) is 0 Å². The fraction of sp³-hybridized carbons (Fsp3) is 0.385. The molecule has 6 heteroatoms. The van der Waals surface area contributed by atoms with E-state index in [1.54, 1.807) is 0 Å². The number of sulfonamides is 1. The summed E-state index contributed by atoms with van der Waals surface area (Å²) in [5.41, 5.74) is 5.94. The van der Waals surface area contributed by atoms with Crippen LogP contribution < -0.4 is 5.73 Å². The molecule has 0 heterocycles. The first-order chi connectivity index (χ1) is 8.95. The quantitative estimate of drug-likeness (QED) is 0.667. The van der Waals surface area contributed by atoms with Gasteiger partial charge in [-0.15, -0.1) is 6.42 Å². The zero-order valence-electron chi connectivity index (χ0n) is 10.3. The van der Waals surface area contributed by atoms with Gasteiger partial charge >= 0.3 is 0 Å². The van der Waals surface area contributed by atoms with Crippen molar-refractivity contribution in [2.24, 2.45) is 5.92 Å². The number of nitrogens with zero attached hydrogens (tertiary/aromatic N) is 1. The number of anilines is 1. The third-order valence-electron chi connectivity index (χ3n) is 3.04. The summed E-state index contributed by atoms with van der Waals surface area (Å²) in [5.74, 6) is 2.82.